The van der Waals surface area contributed by atoms with Crippen LogP contribution in [0.4, 0.5) is 5.82 Å². The summed E-state index contributed by atoms with van der Waals surface area (Å²) in [5, 5.41) is 0. The van der Waals surface area contributed by atoms with Crippen LogP contribution in [0.3, 0.4) is 0 Å². The molecule has 1 N–H and O–H groups in total. The zero-order valence-electron chi connectivity index (χ0n) is 11.7. The molecule has 3 rings (SSSR count). The first kappa shape index (κ1) is 14.2. The van der Waals surface area contributed by atoms with Gasteiger partial charge in [-0.1, -0.05) is 0 Å². The maximum atomic E-state index is 12.0. The Hall–Kier alpha value is -0.790. The largest absolute Gasteiger partial charge is 0.377 e. The van der Waals surface area contributed by atoms with Gasteiger partial charge in [-0.15, -0.1) is 0 Å². The number of nitrogens with zero attached hydrogens (tertiary/aromatic N) is 2. The van der Waals surface area contributed by atoms with Crippen molar-refractivity contribution in [1.29, 1.82) is 0 Å². The third-order valence-electron chi connectivity index (χ3n) is 4.14. The Morgan fingerprint density at radius 2 is 2.35 bits per heavy atom. The first-order valence-electron chi connectivity index (χ1n) is 6.83. The van der Waals surface area contributed by atoms with Gasteiger partial charge in [0.25, 0.3) is 0 Å². The number of rotatable bonds is 3. The molecule has 110 valence electrons. The van der Waals surface area contributed by atoms with Crippen molar-refractivity contribution in [2.75, 3.05) is 30.9 Å². The summed E-state index contributed by atoms with van der Waals surface area (Å²) in [7, 11) is -0.895. The van der Waals surface area contributed by atoms with E-state index in [1.54, 1.807) is 6.26 Å². The molecule has 5 nitrogen and oxygen atoms in total. The summed E-state index contributed by atoms with van der Waals surface area (Å²) in [6, 6.07) is 2.30. The molecule has 0 bridgehead atoms. The van der Waals surface area contributed by atoms with Crippen LogP contribution in [0.15, 0.2) is 6.07 Å². The molecule has 2 heterocycles. The Balaban J connectivity index is 1.99. The molecule has 2 atom stereocenters. The predicted octanol–water partition coefficient (Wildman–Crippen LogP) is 1.73. The SMILES string of the molecule is CC1COCCN1c1cc(C2(S(C)=O)CC2)[nH]c(=S)n1. The lowest BCUT2D eigenvalue weighted by Gasteiger charge is -2.34. The molecule has 1 saturated carbocycles. The lowest BCUT2D eigenvalue weighted by molar-refractivity contribution is 0.0985. The Bertz CT molecular complexity index is 598. The number of aromatic nitrogens is 2. The molecule has 2 aliphatic rings. The van der Waals surface area contributed by atoms with Crippen LogP contribution in [0.1, 0.15) is 25.5 Å². The van der Waals surface area contributed by atoms with E-state index in [0.717, 1.165) is 30.9 Å². The number of nitrogens with one attached hydrogen (secondary N) is 1. The van der Waals surface area contributed by atoms with Gasteiger partial charge in [0.15, 0.2) is 4.77 Å². The second-order valence-corrected chi connectivity index (χ2v) is 7.60. The van der Waals surface area contributed by atoms with Gasteiger partial charge in [0, 0.05) is 35.4 Å². The second kappa shape index (κ2) is 5.20. The van der Waals surface area contributed by atoms with E-state index in [0.29, 0.717) is 18.0 Å². The topological polar surface area (TPSA) is 58.2 Å². The van der Waals surface area contributed by atoms with Crippen LogP contribution in [0.25, 0.3) is 0 Å². The van der Waals surface area contributed by atoms with Crippen LogP contribution in [0.2, 0.25) is 0 Å². The van der Waals surface area contributed by atoms with E-state index in [9.17, 15) is 4.21 Å². The van der Waals surface area contributed by atoms with Crippen molar-refractivity contribution in [3.8, 4) is 0 Å². The Labute approximate surface area is 126 Å². The Morgan fingerprint density at radius 3 is 2.95 bits per heavy atom. The molecule has 1 saturated heterocycles. The molecule has 1 aliphatic heterocycles. The summed E-state index contributed by atoms with van der Waals surface area (Å²) in [6.07, 6.45) is 3.66. The monoisotopic (exact) mass is 313 g/mol. The summed E-state index contributed by atoms with van der Waals surface area (Å²) in [5.74, 6) is 0.872. The van der Waals surface area contributed by atoms with Gasteiger partial charge in [-0.05, 0) is 32.0 Å². The molecule has 7 heteroatoms. The van der Waals surface area contributed by atoms with Crippen molar-refractivity contribution in [2.45, 2.75) is 30.6 Å². The normalized spacial score (nSPS) is 26.3. The number of anilines is 1. The molecular weight excluding hydrogens is 294 g/mol. The molecule has 0 amide bonds. The Morgan fingerprint density at radius 1 is 1.60 bits per heavy atom. The van der Waals surface area contributed by atoms with Crippen LogP contribution in [0, 0.1) is 4.77 Å². The van der Waals surface area contributed by atoms with Gasteiger partial charge in [0.1, 0.15) is 5.82 Å². The summed E-state index contributed by atoms with van der Waals surface area (Å²) < 4.78 is 17.7. The molecule has 1 aliphatic carbocycles. The van der Waals surface area contributed by atoms with Crippen molar-refractivity contribution >= 4 is 28.8 Å². The minimum Gasteiger partial charge on any atom is -0.377 e. The van der Waals surface area contributed by atoms with Crippen LogP contribution >= 0.6 is 12.2 Å². The van der Waals surface area contributed by atoms with Crippen molar-refractivity contribution in [3.63, 3.8) is 0 Å². The number of aromatic amines is 1. The van der Waals surface area contributed by atoms with Gasteiger partial charge in [0.05, 0.1) is 24.0 Å². The van der Waals surface area contributed by atoms with Crippen LogP contribution in [-0.4, -0.2) is 46.2 Å². The molecule has 2 unspecified atom stereocenters. The first-order chi connectivity index (χ1) is 9.53. The third kappa shape index (κ3) is 2.42. The fourth-order valence-electron chi connectivity index (χ4n) is 2.73. The standard InChI is InChI=1S/C13H19N3O2S2/c1-9-8-18-6-5-16(9)11-7-10(14-12(19)15-11)13(3-4-13)20(2)17/h7,9H,3-6,8H2,1-2H3,(H,14,15,19). The van der Waals surface area contributed by atoms with Crippen molar-refractivity contribution in [1.82, 2.24) is 9.97 Å². The van der Waals surface area contributed by atoms with Gasteiger partial charge in [-0.25, -0.2) is 4.98 Å². The maximum absolute atomic E-state index is 12.0. The van der Waals surface area contributed by atoms with E-state index in [2.05, 4.69) is 21.8 Å². The number of H-pyrrole nitrogens is 1. The van der Waals surface area contributed by atoms with E-state index in [1.165, 1.54) is 0 Å². The van der Waals surface area contributed by atoms with Crippen LogP contribution < -0.4 is 4.90 Å². The number of ether oxygens (including phenoxy) is 1. The Kier molecular flexibility index (Phi) is 3.68. The van der Waals surface area contributed by atoms with E-state index in [-0.39, 0.29) is 10.8 Å². The van der Waals surface area contributed by atoms with Gasteiger partial charge < -0.3 is 14.6 Å². The molecule has 1 aromatic heterocycles. The number of hydrogen-bond acceptors (Lipinski definition) is 5. The van der Waals surface area contributed by atoms with Crippen LogP contribution in [0.5, 0.6) is 0 Å². The first-order valence-corrected chi connectivity index (χ1v) is 8.79. The molecule has 0 radical (unpaired) electrons. The second-order valence-electron chi connectivity index (χ2n) is 5.52. The minimum atomic E-state index is -0.895. The molecule has 20 heavy (non-hydrogen) atoms. The maximum Gasteiger partial charge on any atom is 0.198 e. The zero-order valence-corrected chi connectivity index (χ0v) is 13.4. The fraction of sp³-hybridized carbons (Fsp3) is 0.692. The lowest BCUT2D eigenvalue weighted by atomic mass is 10.2. The third-order valence-corrected chi connectivity index (χ3v) is 6.06. The van der Waals surface area contributed by atoms with Crippen molar-refractivity contribution < 1.29 is 8.95 Å². The minimum absolute atomic E-state index is 0.235. The summed E-state index contributed by atoms with van der Waals surface area (Å²) in [5.41, 5.74) is 0.965. The number of morpholine rings is 1. The quantitative estimate of drug-likeness (QED) is 0.861. The van der Waals surface area contributed by atoms with Crippen molar-refractivity contribution in [3.05, 3.63) is 16.5 Å². The van der Waals surface area contributed by atoms with Crippen molar-refractivity contribution in [2.24, 2.45) is 0 Å². The zero-order chi connectivity index (χ0) is 14.3. The smallest absolute Gasteiger partial charge is 0.198 e. The summed E-state index contributed by atoms with van der Waals surface area (Å²) in [4.78, 5) is 9.79. The lowest BCUT2D eigenvalue weighted by Crippen LogP contribution is -2.44. The fourth-order valence-corrected chi connectivity index (χ4v) is 4.03. The summed E-state index contributed by atoms with van der Waals surface area (Å²) >= 11 is 5.25. The van der Waals surface area contributed by atoms with Gasteiger partial charge in [-0.3, -0.25) is 4.21 Å². The van der Waals surface area contributed by atoms with Gasteiger partial charge in [-0.2, -0.15) is 0 Å². The molecule has 0 spiro atoms. The molecule has 1 aromatic rings. The average molecular weight is 313 g/mol. The van der Waals surface area contributed by atoms with E-state index in [1.807, 2.05) is 6.07 Å². The molecule has 0 aromatic carbocycles. The van der Waals surface area contributed by atoms with E-state index in [4.69, 9.17) is 17.0 Å². The summed E-state index contributed by atoms with van der Waals surface area (Å²) in [6.45, 7) is 4.34. The highest BCUT2D eigenvalue weighted by molar-refractivity contribution is 7.85. The van der Waals surface area contributed by atoms with Gasteiger partial charge >= 0.3 is 0 Å². The highest BCUT2D eigenvalue weighted by atomic mass is 32.2. The van der Waals surface area contributed by atoms with E-state index < -0.39 is 10.8 Å². The van der Waals surface area contributed by atoms with E-state index >= 15 is 0 Å². The highest BCUT2D eigenvalue weighted by Gasteiger charge is 2.49. The molecular formula is C13H19N3O2S2. The number of hydrogen-bond donors (Lipinski definition) is 1. The predicted molar refractivity (Wildman–Crippen MR) is 82.0 cm³/mol. The highest BCUT2D eigenvalue weighted by Crippen LogP contribution is 2.50. The molecule has 2 fully saturated rings. The van der Waals surface area contributed by atoms with Crippen LogP contribution in [-0.2, 0) is 20.3 Å². The average Bonchev–Trinajstić information content (AvgIpc) is 3.20. The van der Waals surface area contributed by atoms with Gasteiger partial charge in [0.2, 0.25) is 0 Å².